The van der Waals surface area contributed by atoms with Gasteiger partial charge >= 0.3 is 0 Å². The molecule has 1 aliphatic rings. The second kappa shape index (κ2) is 7.31. The first kappa shape index (κ1) is 15.7. The molecule has 0 aromatic carbocycles. The fourth-order valence-corrected chi connectivity index (χ4v) is 2.23. The molecule has 0 spiro atoms. The van der Waals surface area contributed by atoms with Crippen molar-refractivity contribution in [1.29, 1.82) is 0 Å². The highest BCUT2D eigenvalue weighted by Crippen LogP contribution is 2.33. The Morgan fingerprint density at radius 1 is 0.500 bits per heavy atom. The Morgan fingerprint density at radius 2 is 0.722 bits per heavy atom. The third-order valence-corrected chi connectivity index (χ3v) is 3.40. The second-order valence-electron chi connectivity index (χ2n) is 4.60. The predicted molar refractivity (Wildman–Crippen MR) is 57.3 cm³/mol. The van der Waals surface area contributed by atoms with Crippen LogP contribution in [0.3, 0.4) is 0 Å². The molecule has 0 heterocycles. The lowest BCUT2D eigenvalue weighted by molar-refractivity contribution is -0.496. The zero-order valence-electron chi connectivity index (χ0n) is 10.1. The first-order valence-corrected chi connectivity index (χ1v) is 5.96. The van der Waals surface area contributed by atoms with Gasteiger partial charge < -0.3 is 0 Å². The number of hydrogen-bond acceptors (Lipinski definition) is 8. The minimum absolute atomic E-state index is 0.271. The molecule has 108 valence electrons. The van der Waals surface area contributed by atoms with Crippen LogP contribution in [-0.2, 0) is 19.6 Å². The van der Waals surface area contributed by atoms with Crippen LogP contribution in [-0.4, -0.2) is 32.6 Å². The van der Waals surface area contributed by atoms with E-state index in [0.717, 1.165) is 0 Å². The number of rotatable bonds is 4. The average Bonchev–Trinajstić information content (AvgIpc) is 2.44. The summed E-state index contributed by atoms with van der Waals surface area (Å²) in [5, 5.41) is 35.2. The Bertz CT molecular complexity index is 186. The average molecular weight is 268 g/mol. The maximum Gasteiger partial charge on any atom is 0.233 e. The number of hydrogen-bond donors (Lipinski definition) is 4. The van der Waals surface area contributed by atoms with E-state index >= 15 is 0 Å². The summed E-state index contributed by atoms with van der Waals surface area (Å²) >= 11 is 0. The second-order valence-corrected chi connectivity index (χ2v) is 4.60. The van der Waals surface area contributed by atoms with Crippen LogP contribution < -0.4 is 0 Å². The zero-order valence-corrected chi connectivity index (χ0v) is 10.1. The smallest absolute Gasteiger partial charge is 0.233 e. The zero-order chi connectivity index (χ0) is 13.5. The summed E-state index contributed by atoms with van der Waals surface area (Å²) in [4.78, 5) is 16.9. The normalized spacial score (nSPS) is 24.7. The first-order chi connectivity index (χ1) is 8.66. The van der Waals surface area contributed by atoms with Crippen molar-refractivity contribution in [3.8, 4) is 0 Å². The van der Waals surface area contributed by atoms with Crippen molar-refractivity contribution in [2.75, 3.05) is 0 Å². The van der Waals surface area contributed by atoms with Gasteiger partial charge in [-0.25, -0.2) is 40.6 Å². The minimum Gasteiger partial charge on any atom is -0.249 e. The Hall–Kier alpha value is -0.320. The molecule has 1 aliphatic carbocycles. The molecule has 1 rings (SSSR count). The van der Waals surface area contributed by atoms with E-state index in [2.05, 4.69) is 19.6 Å². The molecule has 0 radical (unpaired) electrons. The molecule has 0 bridgehead atoms. The first-order valence-electron chi connectivity index (χ1n) is 5.96. The molecule has 0 aromatic rings. The van der Waals surface area contributed by atoms with E-state index in [1.807, 2.05) is 0 Å². The maximum absolute atomic E-state index is 8.80. The van der Waals surface area contributed by atoms with Crippen molar-refractivity contribution in [3.05, 3.63) is 0 Å². The topological polar surface area (TPSA) is 118 Å². The van der Waals surface area contributed by atoms with Gasteiger partial charge in [-0.2, -0.15) is 0 Å². The molecule has 0 amide bonds. The molecule has 18 heavy (non-hydrogen) atoms. The van der Waals surface area contributed by atoms with Gasteiger partial charge in [-0.15, -0.1) is 0 Å². The van der Waals surface area contributed by atoms with E-state index in [-0.39, 0.29) is 25.7 Å². The monoisotopic (exact) mass is 268 g/mol. The van der Waals surface area contributed by atoms with Gasteiger partial charge in [-0.3, -0.25) is 0 Å². The van der Waals surface area contributed by atoms with Gasteiger partial charge in [0.05, 0.1) is 0 Å². The van der Waals surface area contributed by atoms with E-state index in [9.17, 15) is 0 Å². The Balaban J connectivity index is 2.60. The van der Waals surface area contributed by atoms with Crippen molar-refractivity contribution < 1.29 is 40.6 Å². The van der Waals surface area contributed by atoms with Crippen LogP contribution in [0.4, 0.5) is 0 Å². The summed E-state index contributed by atoms with van der Waals surface area (Å²) in [6.07, 6.45) is 3.18. The summed E-state index contributed by atoms with van der Waals surface area (Å²) < 4.78 is 0. The highest BCUT2D eigenvalue weighted by molar-refractivity contribution is 4.74. The van der Waals surface area contributed by atoms with E-state index in [1.165, 1.54) is 0 Å². The molecular formula is C10H20O8. The van der Waals surface area contributed by atoms with Crippen LogP contribution in [0.15, 0.2) is 0 Å². The van der Waals surface area contributed by atoms with Crippen LogP contribution in [0.25, 0.3) is 0 Å². The Labute approximate surface area is 104 Å². The van der Waals surface area contributed by atoms with Crippen LogP contribution in [0.1, 0.15) is 51.4 Å². The highest BCUT2D eigenvalue weighted by Gasteiger charge is 2.37. The lowest BCUT2D eigenvalue weighted by atomic mass is 9.93. The van der Waals surface area contributed by atoms with E-state index in [4.69, 9.17) is 21.0 Å². The van der Waals surface area contributed by atoms with Crippen molar-refractivity contribution >= 4 is 0 Å². The third kappa shape index (κ3) is 3.84. The molecule has 0 aromatic heterocycles. The van der Waals surface area contributed by atoms with E-state index in [0.29, 0.717) is 25.7 Å². The molecule has 8 nitrogen and oxygen atoms in total. The van der Waals surface area contributed by atoms with Gasteiger partial charge in [0.1, 0.15) is 0 Å². The van der Waals surface area contributed by atoms with Gasteiger partial charge in [-0.1, -0.05) is 0 Å². The molecule has 8 heteroatoms. The summed E-state index contributed by atoms with van der Waals surface area (Å²) in [6, 6.07) is 0. The molecule has 0 saturated heterocycles. The Kier molecular flexibility index (Phi) is 6.39. The van der Waals surface area contributed by atoms with Crippen LogP contribution in [0.2, 0.25) is 0 Å². The predicted octanol–water partition coefficient (Wildman–Crippen LogP) is 2.47. The Morgan fingerprint density at radius 3 is 0.889 bits per heavy atom. The van der Waals surface area contributed by atoms with Crippen molar-refractivity contribution in [2.45, 2.75) is 62.9 Å². The highest BCUT2D eigenvalue weighted by atomic mass is 17.2. The van der Waals surface area contributed by atoms with Gasteiger partial charge in [0, 0.05) is 25.7 Å². The lowest BCUT2D eigenvalue weighted by Crippen LogP contribution is -2.37. The summed E-state index contributed by atoms with van der Waals surface area (Å²) in [6.45, 7) is 0. The molecule has 1 saturated carbocycles. The molecule has 0 aliphatic heterocycles. The fraction of sp³-hybridized carbons (Fsp3) is 1.00. The van der Waals surface area contributed by atoms with Crippen molar-refractivity contribution in [1.82, 2.24) is 0 Å². The van der Waals surface area contributed by atoms with Gasteiger partial charge in [0.25, 0.3) is 0 Å². The quantitative estimate of drug-likeness (QED) is 0.349. The van der Waals surface area contributed by atoms with Gasteiger partial charge in [0.2, 0.25) is 11.6 Å². The fourth-order valence-electron chi connectivity index (χ4n) is 2.23. The van der Waals surface area contributed by atoms with Crippen LogP contribution in [0, 0.1) is 0 Å². The third-order valence-electron chi connectivity index (χ3n) is 3.40. The standard InChI is InChI=1S/C10H20O8/c11-15-9(16-12)5-1-2-6-10(17-13,18-14)8-4-3-7-9/h11-14H,1-8H2. The maximum atomic E-state index is 8.80. The van der Waals surface area contributed by atoms with Gasteiger partial charge in [0.15, 0.2) is 0 Å². The van der Waals surface area contributed by atoms with E-state index in [1.54, 1.807) is 0 Å². The molecule has 1 fully saturated rings. The largest absolute Gasteiger partial charge is 0.249 e. The van der Waals surface area contributed by atoms with Crippen LogP contribution in [0.5, 0.6) is 0 Å². The SMILES string of the molecule is OOC1(OO)CCCCC(OO)(OO)CCCC1. The summed E-state index contributed by atoms with van der Waals surface area (Å²) in [5.74, 6) is -2.81. The lowest BCUT2D eigenvalue weighted by Gasteiger charge is -2.31. The van der Waals surface area contributed by atoms with Crippen molar-refractivity contribution in [3.63, 3.8) is 0 Å². The summed E-state index contributed by atoms with van der Waals surface area (Å²) in [5.41, 5.74) is 0. The molecule has 0 unspecified atom stereocenters. The van der Waals surface area contributed by atoms with Gasteiger partial charge in [-0.05, 0) is 25.7 Å². The molecular weight excluding hydrogens is 248 g/mol. The van der Waals surface area contributed by atoms with Crippen molar-refractivity contribution in [2.24, 2.45) is 0 Å². The van der Waals surface area contributed by atoms with Crippen LogP contribution >= 0.6 is 0 Å². The molecule has 0 atom stereocenters. The van der Waals surface area contributed by atoms with E-state index < -0.39 is 11.6 Å². The minimum atomic E-state index is -1.40. The summed E-state index contributed by atoms with van der Waals surface area (Å²) in [7, 11) is 0. The molecule has 4 N–H and O–H groups in total.